The van der Waals surface area contributed by atoms with E-state index in [1.807, 2.05) is 0 Å². The molecule has 0 spiro atoms. The second-order valence-electron chi connectivity index (χ2n) is 25.6. The van der Waals surface area contributed by atoms with Gasteiger partial charge in [0.25, 0.3) is 0 Å². The van der Waals surface area contributed by atoms with Gasteiger partial charge in [0, 0.05) is 22.2 Å². The fourth-order valence-electron chi connectivity index (χ4n) is 16.2. The van der Waals surface area contributed by atoms with Crippen LogP contribution >= 0.6 is 0 Å². The summed E-state index contributed by atoms with van der Waals surface area (Å²) in [5.41, 5.74) is 27.4. The number of nitrogens with two attached hydrogens (primary N) is 4. The minimum atomic E-state index is -0.333. The fourth-order valence-corrected chi connectivity index (χ4v) is 16.2. The molecule has 0 aromatic heterocycles. The molecule has 0 radical (unpaired) electrons. The van der Waals surface area contributed by atoms with Crippen LogP contribution in [0.3, 0.4) is 0 Å². The molecule has 4 aliphatic carbocycles. The minimum absolute atomic E-state index is 0.111. The van der Waals surface area contributed by atoms with Crippen LogP contribution in [-0.2, 0) is 0 Å². The first-order chi connectivity index (χ1) is 28.2. The molecule has 12 nitrogen and oxygen atoms in total. The van der Waals surface area contributed by atoms with E-state index in [9.17, 15) is 0 Å². The van der Waals surface area contributed by atoms with E-state index in [2.05, 4.69) is 97.9 Å². The molecule has 20 atom stereocenters. The maximum Gasteiger partial charge on any atom is 0.0631 e. The van der Waals surface area contributed by atoms with Gasteiger partial charge in [0.2, 0.25) is 0 Å². The molecule has 9 aliphatic rings. The number of nitrogens with one attached hydrogen (secondary N) is 8. The normalized spacial score (nSPS) is 48.6. The lowest BCUT2D eigenvalue weighted by atomic mass is 9.50. The Morgan fingerprint density at radius 2 is 0.483 bits per heavy atom. The van der Waals surface area contributed by atoms with E-state index in [0.29, 0.717) is 95.7 Å². The van der Waals surface area contributed by atoms with Crippen LogP contribution in [0.5, 0.6) is 0 Å². The van der Waals surface area contributed by atoms with Crippen molar-refractivity contribution in [2.24, 2.45) is 93.9 Å². The van der Waals surface area contributed by atoms with Gasteiger partial charge >= 0.3 is 0 Å². The van der Waals surface area contributed by atoms with Gasteiger partial charge in [-0.25, -0.2) is 0 Å². The van der Waals surface area contributed by atoms with Gasteiger partial charge in [0.05, 0.1) is 49.3 Å². The van der Waals surface area contributed by atoms with Gasteiger partial charge in [-0.05, 0) is 191 Å². The summed E-state index contributed by atoms with van der Waals surface area (Å²) in [5.74, 6) is 5.87. The van der Waals surface area contributed by atoms with Gasteiger partial charge in [-0.2, -0.15) is 0 Å². The third-order valence-electron chi connectivity index (χ3n) is 18.0. The zero-order chi connectivity index (χ0) is 42.5. The SMILES string of the molecule is CC(C)(N)CC1C(CC(C)(C)N)C(CC(C)(C)N)C2C3NC4NC(NC5NC(NC6NC(NC(N3)C2C1CC(C)(C)N)C1CCCCC61)C1CCCCC51)C1CCCCC41. The molecule has 0 aromatic rings. The highest BCUT2D eigenvalue weighted by atomic mass is 15.4. The van der Waals surface area contributed by atoms with Crippen LogP contribution in [0, 0.1) is 71.0 Å². The van der Waals surface area contributed by atoms with Crippen molar-refractivity contribution in [3.63, 3.8) is 0 Å². The Balaban J connectivity index is 1.16. The molecule has 60 heavy (non-hydrogen) atoms. The van der Waals surface area contributed by atoms with Gasteiger partial charge < -0.3 is 22.9 Å². The summed E-state index contributed by atoms with van der Waals surface area (Å²) in [6.07, 6.45) is 21.5. The van der Waals surface area contributed by atoms with E-state index >= 15 is 0 Å². The molecular weight excluding hydrogens is 745 g/mol. The predicted octanol–water partition coefficient (Wildman–Crippen LogP) is 4.02. The second kappa shape index (κ2) is 16.7. The van der Waals surface area contributed by atoms with Gasteiger partial charge in [0.1, 0.15) is 0 Å². The molecule has 8 bridgehead atoms. The molecule has 16 N–H and O–H groups in total. The Hall–Kier alpha value is -0.480. The largest absolute Gasteiger partial charge is 0.326 e. The van der Waals surface area contributed by atoms with Crippen molar-refractivity contribution in [1.29, 1.82) is 0 Å². The van der Waals surface area contributed by atoms with Crippen molar-refractivity contribution >= 4 is 0 Å². The molecule has 0 aromatic carbocycles. The highest BCUT2D eigenvalue weighted by molar-refractivity contribution is 5.14. The topological polar surface area (TPSA) is 200 Å². The van der Waals surface area contributed by atoms with Crippen LogP contribution < -0.4 is 65.5 Å². The van der Waals surface area contributed by atoms with Gasteiger partial charge in [-0.1, -0.05) is 38.5 Å². The summed E-state index contributed by atoms with van der Waals surface area (Å²) in [6.45, 7) is 18.0. The first-order valence-electron chi connectivity index (χ1n) is 25.4. The van der Waals surface area contributed by atoms with Crippen molar-refractivity contribution in [2.75, 3.05) is 0 Å². The first kappa shape index (κ1) is 44.7. The van der Waals surface area contributed by atoms with Crippen LogP contribution in [-0.4, -0.2) is 71.5 Å². The standard InChI is InChI=1S/C48H92N12/c1-45(2,49)21-31-32(22-46(3,4)50)34(24-48(7,8)52)36-35(33(31)23-47(5,6)51)43-58-41-29-19-13-11-17-27(29)39(56-41)54-37-25-15-9-10-16-26(25)38(53-37)55-40-28-18-12-14-20-30(28)42(57-40)59-44(36)60-43/h25-44,53-60H,9-24,49-52H2,1-8H3. The molecule has 4 saturated carbocycles. The zero-order valence-corrected chi connectivity index (χ0v) is 39.2. The summed E-state index contributed by atoms with van der Waals surface area (Å²) < 4.78 is 0. The summed E-state index contributed by atoms with van der Waals surface area (Å²) in [4.78, 5) is 0. The molecule has 344 valence electrons. The molecular formula is C48H92N12. The number of hydrogen-bond donors (Lipinski definition) is 12. The van der Waals surface area contributed by atoms with Crippen LogP contribution in [0.2, 0.25) is 0 Å². The Morgan fingerprint density at radius 1 is 0.300 bits per heavy atom. The maximum atomic E-state index is 7.21. The molecule has 9 fully saturated rings. The monoisotopic (exact) mass is 837 g/mol. The van der Waals surface area contributed by atoms with Gasteiger partial charge in [-0.3, -0.25) is 42.5 Å². The highest BCUT2D eigenvalue weighted by Crippen LogP contribution is 2.58. The quantitative estimate of drug-likeness (QED) is 0.168. The van der Waals surface area contributed by atoms with Crippen molar-refractivity contribution in [3.05, 3.63) is 0 Å². The Kier molecular flexibility index (Phi) is 12.5. The van der Waals surface area contributed by atoms with Crippen molar-refractivity contribution < 1.29 is 0 Å². The summed E-state index contributed by atoms with van der Waals surface area (Å²) >= 11 is 0. The lowest BCUT2D eigenvalue weighted by Crippen LogP contribution is -2.62. The molecule has 9 rings (SSSR count). The lowest BCUT2D eigenvalue weighted by molar-refractivity contribution is -0.0628. The lowest BCUT2D eigenvalue weighted by Gasteiger charge is -2.56. The average Bonchev–Trinajstić information content (AvgIpc) is 3.88. The van der Waals surface area contributed by atoms with E-state index in [1.54, 1.807) is 0 Å². The average molecular weight is 837 g/mol. The molecule has 5 aliphatic heterocycles. The zero-order valence-electron chi connectivity index (χ0n) is 39.2. The number of rotatable bonds is 8. The maximum absolute atomic E-state index is 7.21. The summed E-state index contributed by atoms with van der Waals surface area (Å²) in [5, 5.41) is 34.9. The molecule has 5 heterocycles. The molecule has 0 amide bonds. The Morgan fingerprint density at radius 3 is 0.700 bits per heavy atom. The van der Waals surface area contributed by atoms with E-state index in [1.165, 1.54) is 77.0 Å². The third-order valence-corrected chi connectivity index (χ3v) is 18.0. The van der Waals surface area contributed by atoms with Crippen LogP contribution in [0.4, 0.5) is 0 Å². The number of fused-ring (bicyclic) bond motifs is 20. The van der Waals surface area contributed by atoms with Gasteiger partial charge in [-0.15, -0.1) is 0 Å². The minimum Gasteiger partial charge on any atom is -0.326 e. The fraction of sp³-hybridized carbons (Fsp3) is 1.00. The number of hydrogen-bond acceptors (Lipinski definition) is 12. The molecule has 12 heteroatoms. The van der Waals surface area contributed by atoms with Crippen molar-refractivity contribution in [2.45, 2.75) is 230 Å². The van der Waals surface area contributed by atoms with Crippen molar-refractivity contribution in [3.8, 4) is 0 Å². The predicted molar refractivity (Wildman–Crippen MR) is 244 cm³/mol. The van der Waals surface area contributed by atoms with Crippen LogP contribution in [0.1, 0.15) is 158 Å². The molecule has 5 saturated heterocycles. The molecule has 20 unspecified atom stereocenters. The smallest absolute Gasteiger partial charge is 0.0631 e. The third kappa shape index (κ3) is 9.31. The van der Waals surface area contributed by atoms with Gasteiger partial charge in [0.15, 0.2) is 0 Å². The summed E-state index contributed by atoms with van der Waals surface area (Å²) in [6, 6.07) is 0. The highest BCUT2D eigenvalue weighted by Gasteiger charge is 2.62. The van der Waals surface area contributed by atoms with E-state index < -0.39 is 0 Å². The van der Waals surface area contributed by atoms with E-state index in [-0.39, 0.29) is 46.8 Å². The van der Waals surface area contributed by atoms with Crippen LogP contribution in [0.25, 0.3) is 0 Å². The Bertz CT molecular complexity index is 1360. The van der Waals surface area contributed by atoms with Crippen molar-refractivity contribution in [1.82, 2.24) is 42.5 Å². The van der Waals surface area contributed by atoms with E-state index in [0.717, 1.165) is 25.7 Å². The van der Waals surface area contributed by atoms with Crippen LogP contribution in [0.15, 0.2) is 0 Å². The first-order valence-corrected chi connectivity index (χ1v) is 25.4. The Labute approximate surface area is 365 Å². The summed E-state index contributed by atoms with van der Waals surface area (Å²) in [7, 11) is 0. The van der Waals surface area contributed by atoms with E-state index in [4.69, 9.17) is 22.9 Å². The second-order valence-corrected chi connectivity index (χ2v) is 25.6.